The molecule has 0 bridgehead atoms. The summed E-state index contributed by atoms with van der Waals surface area (Å²) in [6.07, 6.45) is 4.87. The van der Waals surface area contributed by atoms with Crippen molar-refractivity contribution in [3.63, 3.8) is 0 Å². The van der Waals surface area contributed by atoms with Crippen LogP contribution in [0, 0.1) is 0 Å². The summed E-state index contributed by atoms with van der Waals surface area (Å²) in [6.45, 7) is 7.93. The van der Waals surface area contributed by atoms with E-state index < -0.39 is 0 Å². The number of rotatable bonds is 11. The molecular formula is C19H31IN6O. The van der Waals surface area contributed by atoms with E-state index in [0.29, 0.717) is 13.2 Å². The van der Waals surface area contributed by atoms with Crippen molar-refractivity contribution in [3.05, 3.63) is 42.5 Å². The second-order valence-corrected chi connectivity index (χ2v) is 5.89. The molecule has 0 aliphatic carbocycles. The van der Waals surface area contributed by atoms with Crippen molar-refractivity contribution in [1.82, 2.24) is 25.4 Å². The highest BCUT2D eigenvalue weighted by Gasteiger charge is 2.03. The van der Waals surface area contributed by atoms with E-state index >= 15 is 0 Å². The van der Waals surface area contributed by atoms with Crippen molar-refractivity contribution < 1.29 is 4.74 Å². The maximum absolute atomic E-state index is 5.71. The topological polar surface area (TPSA) is 76.4 Å². The number of nitrogens with one attached hydrogen (secondary N) is 2. The Kier molecular flexibility index (Phi) is 12.2. The molecule has 1 aromatic carbocycles. The number of guanidine groups is 1. The molecular weight excluding hydrogens is 455 g/mol. The zero-order valence-electron chi connectivity index (χ0n) is 16.2. The molecule has 27 heavy (non-hydrogen) atoms. The fourth-order valence-corrected chi connectivity index (χ4v) is 2.41. The highest BCUT2D eigenvalue weighted by molar-refractivity contribution is 14.0. The summed E-state index contributed by atoms with van der Waals surface area (Å²) in [4.78, 5) is 4.62. The van der Waals surface area contributed by atoms with Gasteiger partial charge in [-0.1, -0.05) is 38.5 Å². The Hall–Kier alpha value is -1.84. The van der Waals surface area contributed by atoms with Crippen LogP contribution in [0.25, 0.3) is 0 Å². The lowest BCUT2D eigenvalue weighted by molar-refractivity contribution is 0.322. The molecule has 1 heterocycles. The minimum atomic E-state index is 0. The smallest absolute Gasteiger partial charge is 0.191 e. The Morgan fingerprint density at radius 1 is 1.15 bits per heavy atom. The van der Waals surface area contributed by atoms with Crippen LogP contribution in [0.15, 0.2) is 41.7 Å². The molecule has 0 spiro atoms. The molecule has 8 heteroatoms. The third-order valence-electron chi connectivity index (χ3n) is 3.85. The summed E-state index contributed by atoms with van der Waals surface area (Å²) in [5.74, 6) is 2.70. The van der Waals surface area contributed by atoms with Crippen LogP contribution in [0.1, 0.15) is 32.5 Å². The van der Waals surface area contributed by atoms with Gasteiger partial charge in [-0.15, -0.1) is 34.2 Å². The monoisotopic (exact) mass is 486 g/mol. The van der Waals surface area contributed by atoms with Gasteiger partial charge in [0.15, 0.2) is 5.96 Å². The minimum absolute atomic E-state index is 0. The molecule has 150 valence electrons. The van der Waals surface area contributed by atoms with Crippen LogP contribution in [0.4, 0.5) is 0 Å². The lowest BCUT2D eigenvalue weighted by Gasteiger charge is -2.14. The first-order valence-corrected chi connectivity index (χ1v) is 9.40. The average Bonchev–Trinajstić information content (AvgIpc) is 3.13. The first-order chi connectivity index (χ1) is 12.8. The molecule has 0 aliphatic rings. The molecule has 2 rings (SSSR count). The largest absolute Gasteiger partial charge is 0.492 e. The molecule has 1 aromatic heterocycles. The molecule has 0 atom stereocenters. The molecule has 7 nitrogen and oxygen atoms in total. The third-order valence-corrected chi connectivity index (χ3v) is 3.85. The Morgan fingerprint density at radius 2 is 1.93 bits per heavy atom. The summed E-state index contributed by atoms with van der Waals surface area (Å²) < 4.78 is 7.77. The van der Waals surface area contributed by atoms with Gasteiger partial charge in [0.05, 0.1) is 6.54 Å². The number of aromatic nitrogens is 3. The first kappa shape index (κ1) is 23.2. The van der Waals surface area contributed by atoms with Crippen molar-refractivity contribution in [3.8, 4) is 5.75 Å². The molecule has 0 unspecified atom stereocenters. The van der Waals surface area contributed by atoms with E-state index in [0.717, 1.165) is 56.4 Å². The summed E-state index contributed by atoms with van der Waals surface area (Å²) in [5.41, 5.74) is 0. The zero-order chi connectivity index (χ0) is 18.5. The third kappa shape index (κ3) is 9.07. The molecule has 0 saturated heterocycles. The lowest BCUT2D eigenvalue weighted by Crippen LogP contribution is -2.41. The predicted octanol–water partition coefficient (Wildman–Crippen LogP) is 2.87. The Bertz CT molecular complexity index is 647. The van der Waals surface area contributed by atoms with Gasteiger partial charge in [-0.2, -0.15) is 0 Å². The predicted molar refractivity (Wildman–Crippen MR) is 120 cm³/mol. The fourth-order valence-electron chi connectivity index (χ4n) is 2.41. The highest BCUT2D eigenvalue weighted by Crippen LogP contribution is 2.07. The van der Waals surface area contributed by atoms with Crippen LogP contribution in [0.2, 0.25) is 0 Å². The number of aryl methyl sites for hydroxylation is 1. The first-order valence-electron chi connectivity index (χ1n) is 9.40. The van der Waals surface area contributed by atoms with Crippen LogP contribution in [0.3, 0.4) is 0 Å². The van der Waals surface area contributed by atoms with E-state index in [1.54, 1.807) is 6.33 Å². The van der Waals surface area contributed by atoms with Gasteiger partial charge in [0.1, 0.15) is 24.5 Å². The van der Waals surface area contributed by atoms with E-state index in [1.165, 1.54) is 0 Å². The van der Waals surface area contributed by atoms with Crippen LogP contribution in [-0.4, -0.2) is 47.0 Å². The molecule has 2 aromatic rings. The van der Waals surface area contributed by atoms with Crippen LogP contribution < -0.4 is 15.4 Å². The van der Waals surface area contributed by atoms with E-state index in [-0.39, 0.29) is 24.0 Å². The standard InChI is InChI=1S/C19H30N6O.HI/c1-3-5-11-20-19(21-12-14-25-16-23-24-18(25)4-2)22-13-15-26-17-9-7-6-8-10-17;/h6-10,16H,3-5,11-15H2,1-2H3,(H2,20,21,22);1H. The fraction of sp³-hybridized carbons (Fsp3) is 0.526. The molecule has 2 N–H and O–H groups in total. The highest BCUT2D eigenvalue weighted by atomic mass is 127. The van der Waals surface area contributed by atoms with Crippen molar-refractivity contribution in [2.24, 2.45) is 4.99 Å². The molecule has 0 fully saturated rings. The lowest BCUT2D eigenvalue weighted by atomic mass is 10.3. The number of unbranched alkanes of at least 4 members (excludes halogenated alkanes) is 1. The summed E-state index contributed by atoms with van der Waals surface area (Å²) in [6, 6.07) is 9.83. The van der Waals surface area contributed by atoms with E-state index in [2.05, 4.69) is 44.2 Å². The maximum atomic E-state index is 5.71. The van der Waals surface area contributed by atoms with Gasteiger partial charge in [-0.25, -0.2) is 0 Å². The van der Waals surface area contributed by atoms with E-state index in [4.69, 9.17) is 4.74 Å². The van der Waals surface area contributed by atoms with E-state index in [1.807, 2.05) is 30.3 Å². The second kappa shape index (κ2) is 14.2. The van der Waals surface area contributed by atoms with Gasteiger partial charge < -0.3 is 19.9 Å². The SMILES string of the molecule is CCCCN=C(NCCOc1ccccc1)NCCn1cnnc1CC.I. The Balaban J connectivity index is 0.00000364. The number of halogens is 1. The summed E-state index contributed by atoms with van der Waals surface area (Å²) >= 11 is 0. The van der Waals surface area contributed by atoms with Gasteiger partial charge in [0.25, 0.3) is 0 Å². The van der Waals surface area contributed by atoms with Crippen molar-refractivity contribution in [2.45, 2.75) is 39.7 Å². The number of para-hydroxylation sites is 1. The number of aliphatic imine (C=N–C) groups is 1. The van der Waals surface area contributed by atoms with Crippen LogP contribution in [-0.2, 0) is 13.0 Å². The number of benzene rings is 1. The normalized spacial score (nSPS) is 11.0. The van der Waals surface area contributed by atoms with Gasteiger partial charge >= 0.3 is 0 Å². The number of ether oxygens (including phenoxy) is 1. The van der Waals surface area contributed by atoms with Gasteiger partial charge in [-0.05, 0) is 18.6 Å². The average molecular weight is 486 g/mol. The number of hydrogen-bond donors (Lipinski definition) is 2. The van der Waals surface area contributed by atoms with Crippen molar-refractivity contribution >= 4 is 29.9 Å². The molecule has 0 radical (unpaired) electrons. The molecule has 0 amide bonds. The summed E-state index contributed by atoms with van der Waals surface area (Å²) in [5, 5.41) is 14.8. The minimum Gasteiger partial charge on any atom is -0.492 e. The van der Waals surface area contributed by atoms with Gasteiger partial charge in [0.2, 0.25) is 0 Å². The van der Waals surface area contributed by atoms with Crippen molar-refractivity contribution in [2.75, 3.05) is 26.2 Å². The maximum Gasteiger partial charge on any atom is 0.191 e. The zero-order valence-corrected chi connectivity index (χ0v) is 18.6. The van der Waals surface area contributed by atoms with Gasteiger partial charge in [0, 0.05) is 26.1 Å². The molecule has 0 aliphatic heterocycles. The Morgan fingerprint density at radius 3 is 2.67 bits per heavy atom. The van der Waals surface area contributed by atoms with Crippen LogP contribution in [0.5, 0.6) is 5.75 Å². The number of hydrogen-bond acceptors (Lipinski definition) is 4. The second-order valence-electron chi connectivity index (χ2n) is 5.89. The molecule has 0 saturated carbocycles. The summed E-state index contributed by atoms with van der Waals surface area (Å²) in [7, 11) is 0. The number of nitrogens with zero attached hydrogens (tertiary/aromatic N) is 4. The van der Waals surface area contributed by atoms with Crippen molar-refractivity contribution in [1.29, 1.82) is 0 Å². The quantitative estimate of drug-likeness (QED) is 0.221. The van der Waals surface area contributed by atoms with Gasteiger partial charge in [-0.3, -0.25) is 4.99 Å². The Labute approximate surface area is 179 Å². The van der Waals surface area contributed by atoms with Crippen LogP contribution >= 0.6 is 24.0 Å². The van der Waals surface area contributed by atoms with E-state index in [9.17, 15) is 0 Å².